The predicted molar refractivity (Wildman–Crippen MR) is 82.1 cm³/mol. The molecule has 1 atom stereocenters. The standard InChI is InChI=1S/C16H26N2O3/c1-5-15(16(19)20-6-2)21-14-8-7-13(18-11-14)10-17-9-12(3)4/h7-8,11-12,15,17H,5-6,9-10H2,1-4H3. The fourth-order valence-electron chi connectivity index (χ4n) is 1.77. The molecule has 1 aromatic heterocycles. The van der Waals surface area contributed by atoms with E-state index in [4.69, 9.17) is 9.47 Å². The van der Waals surface area contributed by atoms with Crippen LogP contribution in [0.15, 0.2) is 18.3 Å². The Balaban J connectivity index is 2.51. The number of nitrogens with zero attached hydrogens (tertiary/aromatic N) is 1. The Hall–Kier alpha value is -1.62. The molecule has 0 aliphatic carbocycles. The number of rotatable bonds is 9. The number of hydrogen-bond donors (Lipinski definition) is 1. The summed E-state index contributed by atoms with van der Waals surface area (Å²) in [7, 11) is 0. The second-order valence-corrected chi connectivity index (χ2v) is 5.28. The molecule has 0 fully saturated rings. The van der Waals surface area contributed by atoms with Gasteiger partial charge in [0, 0.05) is 6.54 Å². The average Bonchev–Trinajstić information content (AvgIpc) is 2.46. The number of aromatic nitrogens is 1. The topological polar surface area (TPSA) is 60.5 Å². The van der Waals surface area contributed by atoms with Gasteiger partial charge in [0.05, 0.1) is 18.5 Å². The van der Waals surface area contributed by atoms with Gasteiger partial charge in [-0.15, -0.1) is 0 Å². The highest BCUT2D eigenvalue weighted by Crippen LogP contribution is 2.13. The second-order valence-electron chi connectivity index (χ2n) is 5.28. The Morgan fingerprint density at radius 2 is 2.10 bits per heavy atom. The van der Waals surface area contributed by atoms with E-state index in [-0.39, 0.29) is 5.97 Å². The van der Waals surface area contributed by atoms with E-state index in [1.165, 1.54) is 0 Å². The summed E-state index contributed by atoms with van der Waals surface area (Å²) < 4.78 is 10.6. The first-order chi connectivity index (χ1) is 10.1. The minimum absolute atomic E-state index is 0.331. The number of nitrogens with one attached hydrogen (secondary N) is 1. The van der Waals surface area contributed by atoms with Crippen LogP contribution in [-0.4, -0.2) is 30.2 Å². The highest BCUT2D eigenvalue weighted by molar-refractivity contribution is 5.75. The smallest absolute Gasteiger partial charge is 0.347 e. The van der Waals surface area contributed by atoms with Gasteiger partial charge in [0.1, 0.15) is 5.75 Å². The quantitative estimate of drug-likeness (QED) is 0.709. The van der Waals surface area contributed by atoms with E-state index in [1.807, 2.05) is 19.1 Å². The first-order valence-corrected chi connectivity index (χ1v) is 7.55. The minimum atomic E-state index is -0.573. The van der Waals surface area contributed by atoms with E-state index in [0.29, 0.717) is 24.7 Å². The Bertz CT molecular complexity index is 418. The molecule has 0 radical (unpaired) electrons. The Morgan fingerprint density at radius 3 is 2.62 bits per heavy atom. The lowest BCUT2D eigenvalue weighted by Crippen LogP contribution is -2.28. The lowest BCUT2D eigenvalue weighted by molar-refractivity contribution is -0.151. The Labute approximate surface area is 127 Å². The van der Waals surface area contributed by atoms with E-state index in [2.05, 4.69) is 24.1 Å². The third-order valence-corrected chi connectivity index (χ3v) is 2.85. The normalized spacial score (nSPS) is 12.2. The van der Waals surface area contributed by atoms with Crippen LogP contribution in [-0.2, 0) is 16.1 Å². The van der Waals surface area contributed by atoms with Gasteiger partial charge in [-0.25, -0.2) is 4.79 Å². The molecule has 1 N–H and O–H groups in total. The molecule has 0 aromatic carbocycles. The van der Waals surface area contributed by atoms with Crippen LogP contribution >= 0.6 is 0 Å². The molecule has 0 aliphatic heterocycles. The number of carbonyl (C=O) groups is 1. The van der Waals surface area contributed by atoms with Crippen molar-refractivity contribution in [2.24, 2.45) is 5.92 Å². The molecule has 0 spiro atoms. The van der Waals surface area contributed by atoms with E-state index in [0.717, 1.165) is 18.8 Å². The summed E-state index contributed by atoms with van der Waals surface area (Å²) in [5, 5.41) is 3.33. The van der Waals surface area contributed by atoms with Gasteiger partial charge in [0.25, 0.3) is 0 Å². The first kappa shape index (κ1) is 17.4. The molecule has 1 unspecified atom stereocenters. The molecule has 0 saturated heterocycles. The van der Waals surface area contributed by atoms with E-state index in [1.54, 1.807) is 13.1 Å². The molecule has 5 heteroatoms. The number of ether oxygens (including phenoxy) is 2. The summed E-state index contributed by atoms with van der Waals surface area (Å²) in [5.74, 6) is 0.868. The molecular weight excluding hydrogens is 268 g/mol. The fraction of sp³-hybridized carbons (Fsp3) is 0.625. The van der Waals surface area contributed by atoms with E-state index >= 15 is 0 Å². The summed E-state index contributed by atoms with van der Waals surface area (Å²) >= 11 is 0. The van der Waals surface area contributed by atoms with Crippen LogP contribution < -0.4 is 10.1 Å². The van der Waals surface area contributed by atoms with Gasteiger partial charge >= 0.3 is 5.97 Å². The van der Waals surface area contributed by atoms with Crippen LogP contribution in [0.5, 0.6) is 5.75 Å². The second kappa shape index (κ2) is 9.34. The molecular formula is C16H26N2O3. The van der Waals surface area contributed by atoms with Crippen molar-refractivity contribution in [3.63, 3.8) is 0 Å². The zero-order chi connectivity index (χ0) is 15.7. The highest BCUT2D eigenvalue weighted by Gasteiger charge is 2.19. The lowest BCUT2D eigenvalue weighted by atomic mass is 10.2. The van der Waals surface area contributed by atoms with E-state index < -0.39 is 6.10 Å². The van der Waals surface area contributed by atoms with Crippen LogP contribution in [0.1, 0.15) is 39.8 Å². The molecule has 0 amide bonds. The van der Waals surface area contributed by atoms with Crippen LogP contribution in [0.3, 0.4) is 0 Å². The number of hydrogen-bond acceptors (Lipinski definition) is 5. The van der Waals surface area contributed by atoms with Crippen molar-refractivity contribution in [1.82, 2.24) is 10.3 Å². The van der Waals surface area contributed by atoms with Crippen LogP contribution in [0.25, 0.3) is 0 Å². The molecule has 0 aliphatic rings. The van der Waals surface area contributed by atoms with Gasteiger partial charge in [-0.2, -0.15) is 0 Å². The summed E-state index contributed by atoms with van der Waals surface area (Å²) in [6.45, 7) is 10.0. The molecule has 1 heterocycles. The molecule has 21 heavy (non-hydrogen) atoms. The molecule has 118 valence electrons. The van der Waals surface area contributed by atoms with E-state index in [9.17, 15) is 4.79 Å². The number of esters is 1. The predicted octanol–water partition coefficient (Wildman–Crippen LogP) is 2.55. The van der Waals surface area contributed by atoms with Crippen molar-refractivity contribution in [3.05, 3.63) is 24.0 Å². The van der Waals surface area contributed by atoms with Crippen LogP contribution in [0.2, 0.25) is 0 Å². The third kappa shape index (κ3) is 6.58. The maximum absolute atomic E-state index is 11.7. The van der Waals surface area contributed by atoms with Crippen molar-refractivity contribution < 1.29 is 14.3 Å². The zero-order valence-corrected chi connectivity index (χ0v) is 13.4. The van der Waals surface area contributed by atoms with Gasteiger partial charge in [0.15, 0.2) is 6.10 Å². The molecule has 1 rings (SSSR count). The van der Waals surface area contributed by atoms with Crippen molar-refractivity contribution in [2.75, 3.05) is 13.2 Å². The minimum Gasteiger partial charge on any atom is -0.477 e. The number of carbonyl (C=O) groups excluding carboxylic acids is 1. The van der Waals surface area contributed by atoms with Crippen LogP contribution in [0, 0.1) is 5.92 Å². The summed E-state index contributed by atoms with van der Waals surface area (Å²) in [6.07, 6.45) is 1.64. The maximum atomic E-state index is 11.7. The van der Waals surface area contributed by atoms with Crippen molar-refractivity contribution in [2.45, 2.75) is 46.8 Å². The third-order valence-electron chi connectivity index (χ3n) is 2.85. The largest absolute Gasteiger partial charge is 0.477 e. The van der Waals surface area contributed by atoms with Crippen molar-refractivity contribution in [1.29, 1.82) is 0 Å². The monoisotopic (exact) mass is 294 g/mol. The van der Waals surface area contributed by atoms with Gasteiger partial charge < -0.3 is 14.8 Å². The summed E-state index contributed by atoms with van der Waals surface area (Å²) in [6, 6.07) is 3.74. The van der Waals surface area contributed by atoms with Gasteiger partial charge in [-0.05, 0) is 37.9 Å². The molecule has 0 bridgehead atoms. The van der Waals surface area contributed by atoms with Crippen molar-refractivity contribution >= 4 is 5.97 Å². The van der Waals surface area contributed by atoms with Crippen molar-refractivity contribution in [3.8, 4) is 5.75 Å². The molecule has 0 saturated carbocycles. The molecule has 1 aromatic rings. The summed E-state index contributed by atoms with van der Waals surface area (Å²) in [5.41, 5.74) is 0.951. The van der Waals surface area contributed by atoms with Crippen LogP contribution in [0.4, 0.5) is 0 Å². The lowest BCUT2D eigenvalue weighted by Gasteiger charge is -2.16. The average molecular weight is 294 g/mol. The highest BCUT2D eigenvalue weighted by atomic mass is 16.6. The Kier molecular flexibility index (Phi) is 7.75. The van der Waals surface area contributed by atoms with Gasteiger partial charge in [-0.1, -0.05) is 20.8 Å². The Morgan fingerprint density at radius 1 is 1.33 bits per heavy atom. The maximum Gasteiger partial charge on any atom is 0.347 e. The fourth-order valence-corrected chi connectivity index (χ4v) is 1.77. The SMILES string of the molecule is CCOC(=O)C(CC)Oc1ccc(CNCC(C)C)nc1. The zero-order valence-electron chi connectivity index (χ0n) is 13.4. The summed E-state index contributed by atoms with van der Waals surface area (Å²) in [4.78, 5) is 16.0. The number of pyridine rings is 1. The van der Waals surface area contributed by atoms with Gasteiger partial charge in [0.2, 0.25) is 0 Å². The first-order valence-electron chi connectivity index (χ1n) is 7.55. The molecule has 5 nitrogen and oxygen atoms in total. The van der Waals surface area contributed by atoms with Gasteiger partial charge in [-0.3, -0.25) is 4.98 Å².